The largest absolute Gasteiger partial charge is 0.496 e. The Morgan fingerprint density at radius 1 is 1.00 bits per heavy atom. The summed E-state index contributed by atoms with van der Waals surface area (Å²) in [6.07, 6.45) is 2.35. The van der Waals surface area contributed by atoms with Gasteiger partial charge in [0.05, 0.1) is 20.3 Å². The number of rotatable bonds is 18. The number of hydrogen-bond acceptors (Lipinski definition) is 8. The zero-order chi connectivity index (χ0) is 27.1. The molecule has 2 aromatic rings. The number of carbonyl (C=O) groups is 1. The second-order valence-electron chi connectivity index (χ2n) is 8.29. The molecule has 0 heterocycles. The third-order valence-electron chi connectivity index (χ3n) is 5.65. The molecule has 37 heavy (non-hydrogen) atoms. The van der Waals surface area contributed by atoms with Gasteiger partial charge in [-0.15, -0.1) is 0 Å². The lowest BCUT2D eigenvalue weighted by atomic mass is 9.88. The van der Waals surface area contributed by atoms with Gasteiger partial charge in [0, 0.05) is 25.9 Å². The summed E-state index contributed by atoms with van der Waals surface area (Å²) in [6, 6.07) is 13.4. The van der Waals surface area contributed by atoms with Gasteiger partial charge in [-0.2, -0.15) is 0 Å². The second-order valence-corrected chi connectivity index (χ2v) is 8.29. The molecule has 0 amide bonds. The van der Waals surface area contributed by atoms with Crippen molar-refractivity contribution in [3.05, 3.63) is 71.3 Å². The Morgan fingerprint density at radius 3 is 2.32 bits per heavy atom. The van der Waals surface area contributed by atoms with Gasteiger partial charge in [-0.3, -0.25) is 4.79 Å². The van der Waals surface area contributed by atoms with Gasteiger partial charge < -0.3 is 33.2 Å². The van der Waals surface area contributed by atoms with Crippen LogP contribution in [0.1, 0.15) is 37.5 Å². The van der Waals surface area contributed by atoms with E-state index < -0.39 is 11.9 Å². The molecule has 0 N–H and O–H groups in total. The van der Waals surface area contributed by atoms with Crippen molar-refractivity contribution in [2.45, 2.75) is 46.2 Å². The fourth-order valence-electron chi connectivity index (χ4n) is 3.56. The number of ketones is 1. The normalized spacial score (nSPS) is 13.2. The van der Waals surface area contributed by atoms with Crippen LogP contribution < -0.4 is 9.47 Å². The van der Waals surface area contributed by atoms with E-state index in [1.165, 1.54) is 6.08 Å². The molecule has 0 saturated carbocycles. The summed E-state index contributed by atoms with van der Waals surface area (Å²) in [4.78, 5) is 13.7. The molecule has 0 spiro atoms. The van der Waals surface area contributed by atoms with Gasteiger partial charge in [0.25, 0.3) is 0 Å². The fourth-order valence-corrected chi connectivity index (χ4v) is 3.56. The molecule has 0 fully saturated rings. The molecule has 0 aliphatic carbocycles. The molecule has 0 aromatic heterocycles. The molecule has 0 aliphatic heterocycles. The van der Waals surface area contributed by atoms with E-state index >= 15 is 0 Å². The Hall–Kier alpha value is -2.75. The average molecular weight is 517 g/mol. The number of methoxy groups -OCH3 is 2. The highest BCUT2D eigenvalue weighted by atomic mass is 16.7. The average Bonchev–Trinajstić information content (AvgIpc) is 2.91. The molecule has 8 heteroatoms. The van der Waals surface area contributed by atoms with Crippen LogP contribution in [0.2, 0.25) is 0 Å². The minimum absolute atomic E-state index is 0.131. The van der Waals surface area contributed by atoms with Crippen LogP contribution in [0, 0.1) is 6.92 Å². The predicted molar refractivity (Wildman–Crippen MR) is 141 cm³/mol. The first-order valence-corrected chi connectivity index (χ1v) is 12.4. The molecule has 2 aromatic carbocycles. The van der Waals surface area contributed by atoms with Gasteiger partial charge in [-0.05, 0) is 63.1 Å². The van der Waals surface area contributed by atoms with Crippen molar-refractivity contribution < 1.29 is 38.0 Å². The fraction of sp³-hybridized carbons (Fsp3) is 0.483. The smallest absolute Gasteiger partial charge is 0.191 e. The van der Waals surface area contributed by atoms with Crippen LogP contribution in [-0.4, -0.2) is 59.5 Å². The third kappa shape index (κ3) is 9.25. The first-order valence-electron chi connectivity index (χ1n) is 12.4. The maximum absolute atomic E-state index is 13.7. The third-order valence-corrected chi connectivity index (χ3v) is 5.65. The van der Waals surface area contributed by atoms with Gasteiger partial charge >= 0.3 is 0 Å². The number of hydrogen-bond donors (Lipinski definition) is 0. The number of aryl methyl sites for hydroxylation is 1. The zero-order valence-corrected chi connectivity index (χ0v) is 22.8. The van der Waals surface area contributed by atoms with E-state index in [1.54, 1.807) is 33.3 Å². The minimum Gasteiger partial charge on any atom is -0.496 e. The van der Waals surface area contributed by atoms with E-state index in [0.717, 1.165) is 11.1 Å². The summed E-state index contributed by atoms with van der Waals surface area (Å²) < 4.78 is 39.6. The predicted octanol–water partition coefficient (Wildman–Crippen LogP) is 4.96. The zero-order valence-electron chi connectivity index (χ0n) is 22.8. The molecule has 8 nitrogen and oxygen atoms in total. The molecule has 0 saturated heterocycles. The van der Waals surface area contributed by atoms with Crippen LogP contribution in [0.25, 0.3) is 0 Å². The highest BCUT2D eigenvalue weighted by molar-refractivity contribution is 5.98. The minimum atomic E-state index is -1.46. The molecule has 0 radical (unpaired) electrons. The van der Waals surface area contributed by atoms with Crippen molar-refractivity contribution in [3.63, 3.8) is 0 Å². The molecule has 204 valence electrons. The molecular weight excluding hydrogens is 476 g/mol. The molecule has 0 unspecified atom stereocenters. The van der Waals surface area contributed by atoms with Crippen molar-refractivity contribution in [2.24, 2.45) is 0 Å². The number of benzene rings is 2. The summed E-state index contributed by atoms with van der Waals surface area (Å²) in [5, 5.41) is 0. The Kier molecular flexibility index (Phi) is 13.3. The Labute approximate surface area is 220 Å². The molecule has 2 rings (SSSR count). The number of ether oxygens (including phenoxy) is 7. The molecule has 0 bridgehead atoms. The van der Waals surface area contributed by atoms with Crippen LogP contribution in [0.4, 0.5) is 0 Å². The van der Waals surface area contributed by atoms with Crippen molar-refractivity contribution in [2.75, 3.05) is 47.4 Å². The van der Waals surface area contributed by atoms with Crippen LogP contribution in [0.5, 0.6) is 11.5 Å². The van der Waals surface area contributed by atoms with E-state index in [9.17, 15) is 4.79 Å². The van der Waals surface area contributed by atoms with Crippen LogP contribution >= 0.6 is 0 Å². The molecular formula is C29H40O8. The van der Waals surface area contributed by atoms with Gasteiger partial charge in [-0.1, -0.05) is 30.3 Å². The van der Waals surface area contributed by atoms with Crippen molar-refractivity contribution in [3.8, 4) is 11.5 Å². The van der Waals surface area contributed by atoms with E-state index in [0.29, 0.717) is 50.1 Å². The summed E-state index contributed by atoms with van der Waals surface area (Å²) >= 11 is 0. The Balaban J connectivity index is 2.46. The lowest BCUT2D eigenvalue weighted by Crippen LogP contribution is -2.36. The monoisotopic (exact) mass is 516 g/mol. The lowest BCUT2D eigenvalue weighted by Gasteiger charge is -2.30. The van der Waals surface area contributed by atoms with Gasteiger partial charge in [0.15, 0.2) is 17.7 Å². The lowest BCUT2D eigenvalue weighted by molar-refractivity contribution is -0.164. The van der Waals surface area contributed by atoms with Crippen LogP contribution in [0.3, 0.4) is 0 Å². The van der Waals surface area contributed by atoms with Crippen LogP contribution in [0.15, 0.2) is 54.6 Å². The Morgan fingerprint density at radius 2 is 1.70 bits per heavy atom. The summed E-state index contributed by atoms with van der Waals surface area (Å²) in [5.41, 5.74) is 0.915. The van der Waals surface area contributed by atoms with Crippen molar-refractivity contribution >= 4 is 5.78 Å². The van der Waals surface area contributed by atoms with Crippen molar-refractivity contribution in [1.82, 2.24) is 0 Å². The molecule has 1 atom stereocenters. The van der Waals surface area contributed by atoms with Gasteiger partial charge in [-0.25, -0.2) is 0 Å². The number of carbonyl (C=O) groups excluding carboxylic acids is 1. The van der Waals surface area contributed by atoms with Crippen molar-refractivity contribution in [1.29, 1.82) is 0 Å². The summed E-state index contributed by atoms with van der Waals surface area (Å²) in [5.74, 6) is 0.785. The first kappa shape index (κ1) is 30.5. The highest BCUT2D eigenvalue weighted by Crippen LogP contribution is 2.39. The quantitative estimate of drug-likeness (QED) is 0.156. The van der Waals surface area contributed by atoms with Gasteiger partial charge in [0.1, 0.15) is 24.9 Å². The summed E-state index contributed by atoms with van der Waals surface area (Å²) in [7, 11) is 3.17. The van der Waals surface area contributed by atoms with E-state index in [4.69, 9.17) is 33.2 Å². The highest BCUT2D eigenvalue weighted by Gasteiger charge is 2.38. The maximum atomic E-state index is 13.7. The standard InChI is InChI=1S/C29H40O8/c1-7-34-28(35-8-2)15-14-27(30)29(4,37-21-33-17-16-31-5)24-19-25(32-6)22(3)18-26(24)36-20-23-12-10-9-11-13-23/h9-15,18-19,28H,7-8,16-17,20-21H2,1-6H3/b15-14+/t29-/m0/s1. The van der Waals surface area contributed by atoms with Gasteiger partial charge in [0.2, 0.25) is 0 Å². The topological polar surface area (TPSA) is 81.7 Å². The second kappa shape index (κ2) is 16.2. The van der Waals surface area contributed by atoms with E-state index in [-0.39, 0.29) is 12.6 Å². The SMILES string of the molecule is CCOC(/C=C/C(=O)[C@@](C)(OCOCCOC)c1cc(OC)c(C)cc1OCc1ccccc1)OCC. The van der Waals surface area contributed by atoms with Crippen LogP contribution in [-0.2, 0) is 40.7 Å². The van der Waals surface area contributed by atoms with E-state index in [1.807, 2.05) is 57.2 Å². The summed E-state index contributed by atoms with van der Waals surface area (Å²) in [6.45, 7) is 9.13. The first-order chi connectivity index (χ1) is 17.9. The van der Waals surface area contributed by atoms with E-state index in [2.05, 4.69) is 0 Å². The Bertz CT molecular complexity index is 969. The maximum Gasteiger partial charge on any atom is 0.191 e. The molecule has 0 aliphatic rings.